The number of fused-ring (bicyclic) bond motifs is 3. The average Bonchev–Trinajstić information content (AvgIpc) is 3.37. The van der Waals surface area contributed by atoms with Gasteiger partial charge in [0.2, 0.25) is 0 Å². The molecule has 4 fully saturated rings. The smallest absolute Gasteiger partial charge is 0.303 e. The largest absolute Gasteiger partial charge is 0.455 e. The first kappa shape index (κ1) is 25.4. The number of epoxide rings is 1. The Morgan fingerprint density at radius 2 is 2.00 bits per heavy atom. The number of esters is 1. The van der Waals surface area contributed by atoms with E-state index < -0.39 is 34.8 Å². The van der Waals surface area contributed by atoms with Crippen molar-refractivity contribution in [3.8, 4) is 0 Å². The van der Waals surface area contributed by atoms with E-state index in [0.717, 1.165) is 31.3 Å². The Labute approximate surface area is 209 Å². The zero-order chi connectivity index (χ0) is 25.4. The molecule has 35 heavy (non-hydrogen) atoms. The molecular formula is C29H44O6. The Bertz CT molecular complexity index is 926. The molecule has 0 radical (unpaired) electrons. The van der Waals surface area contributed by atoms with Crippen molar-refractivity contribution < 1.29 is 29.6 Å². The summed E-state index contributed by atoms with van der Waals surface area (Å²) >= 11 is 0. The lowest BCUT2D eigenvalue weighted by Crippen LogP contribution is -2.72. The van der Waals surface area contributed by atoms with Gasteiger partial charge in [0.15, 0.2) is 0 Å². The fourth-order valence-electron chi connectivity index (χ4n) is 8.98. The van der Waals surface area contributed by atoms with Crippen LogP contribution >= 0.6 is 0 Å². The molecule has 0 aromatic heterocycles. The lowest BCUT2D eigenvalue weighted by molar-refractivity contribution is -0.237. The first-order valence-corrected chi connectivity index (χ1v) is 13.7. The summed E-state index contributed by atoms with van der Waals surface area (Å²) in [5.41, 5.74) is -2.13. The zero-order valence-corrected chi connectivity index (χ0v) is 22.0. The topological polar surface area (TPSA) is 99.5 Å². The van der Waals surface area contributed by atoms with Gasteiger partial charge in [-0.2, -0.15) is 0 Å². The standard InChI is InChI=1S/C29H44O6/c1-17(2)7-6-8-18(3)21-9-10-22-23-13-24(34-19(4)31)28(33)14-20(32)11-12-27(28,16-30)29(23)25(35-29)15-26(21,22)5/h6,8,13,17-18,20-22,24-25,30,32-33H,7,9-12,14-16H2,1-5H3/b8-6+/t18-,20+,21-,22+,24+,25-,26-,27-,28+,29+/m1/s1. The summed E-state index contributed by atoms with van der Waals surface area (Å²) in [5.74, 6) is 1.41. The third kappa shape index (κ3) is 3.39. The van der Waals surface area contributed by atoms with E-state index in [1.807, 2.05) is 6.08 Å². The molecule has 5 aliphatic rings. The molecule has 4 aliphatic carbocycles. The van der Waals surface area contributed by atoms with Crippen molar-refractivity contribution in [1.82, 2.24) is 0 Å². The van der Waals surface area contributed by atoms with E-state index >= 15 is 0 Å². The second kappa shape index (κ2) is 8.41. The number of carbonyl (C=O) groups is 1. The van der Waals surface area contributed by atoms with Crippen LogP contribution in [0.1, 0.15) is 79.6 Å². The van der Waals surface area contributed by atoms with Crippen LogP contribution in [0.5, 0.6) is 0 Å². The minimum absolute atomic E-state index is 0.0408. The number of aliphatic hydroxyl groups excluding tert-OH is 2. The average molecular weight is 489 g/mol. The molecule has 6 heteroatoms. The summed E-state index contributed by atoms with van der Waals surface area (Å²) in [6.45, 7) is 10.3. The Kier molecular flexibility index (Phi) is 6.11. The number of ether oxygens (including phenoxy) is 2. The predicted molar refractivity (Wildman–Crippen MR) is 132 cm³/mol. The maximum absolute atomic E-state index is 12.1. The summed E-state index contributed by atoms with van der Waals surface area (Å²) < 4.78 is 12.3. The lowest BCUT2D eigenvalue weighted by Gasteiger charge is -2.61. The van der Waals surface area contributed by atoms with Crippen LogP contribution in [0, 0.1) is 34.5 Å². The van der Waals surface area contributed by atoms with Crippen LogP contribution in [0.4, 0.5) is 0 Å². The van der Waals surface area contributed by atoms with Gasteiger partial charge in [-0.15, -0.1) is 0 Å². The second-order valence-corrected chi connectivity index (χ2v) is 12.9. The summed E-state index contributed by atoms with van der Waals surface area (Å²) in [5, 5.41) is 33.5. The minimum Gasteiger partial charge on any atom is -0.455 e. The molecule has 1 aliphatic heterocycles. The number of hydrogen-bond acceptors (Lipinski definition) is 6. The van der Waals surface area contributed by atoms with Crippen LogP contribution in [0.15, 0.2) is 23.8 Å². The fourth-order valence-corrected chi connectivity index (χ4v) is 8.98. The number of rotatable bonds is 6. The maximum Gasteiger partial charge on any atom is 0.303 e. The molecule has 5 rings (SSSR count). The van der Waals surface area contributed by atoms with E-state index in [0.29, 0.717) is 30.6 Å². The second-order valence-electron chi connectivity index (χ2n) is 12.9. The molecule has 196 valence electrons. The highest BCUT2D eigenvalue weighted by molar-refractivity contribution is 5.67. The highest BCUT2D eigenvalue weighted by atomic mass is 16.6. The molecule has 1 spiro atoms. The molecule has 3 N–H and O–H groups in total. The summed E-state index contributed by atoms with van der Waals surface area (Å²) in [6, 6.07) is 0. The van der Waals surface area contributed by atoms with E-state index in [4.69, 9.17) is 9.47 Å². The van der Waals surface area contributed by atoms with E-state index in [1.54, 1.807) is 0 Å². The van der Waals surface area contributed by atoms with Crippen molar-refractivity contribution >= 4 is 5.97 Å². The molecule has 1 heterocycles. The monoisotopic (exact) mass is 488 g/mol. The molecule has 3 saturated carbocycles. The van der Waals surface area contributed by atoms with Gasteiger partial charge in [0.05, 0.1) is 24.2 Å². The SMILES string of the molecule is CC(=O)O[C@H]1C=C2[C@@H]3CC[C@H]([C@H](C)/C=C/CC(C)C)[C@@]3(C)C[C@H]3O[C@@]23[C@@]2(CO)CC[C@H](O)C[C@]12O. The van der Waals surface area contributed by atoms with Crippen LogP contribution in [-0.2, 0) is 14.3 Å². The first-order chi connectivity index (χ1) is 16.4. The van der Waals surface area contributed by atoms with Crippen molar-refractivity contribution in [3.05, 3.63) is 23.8 Å². The van der Waals surface area contributed by atoms with Gasteiger partial charge in [0.1, 0.15) is 17.3 Å². The fraction of sp³-hybridized carbons (Fsp3) is 0.828. The van der Waals surface area contributed by atoms with Crippen LogP contribution < -0.4 is 0 Å². The normalized spacial score (nSPS) is 49.1. The molecule has 0 amide bonds. The summed E-state index contributed by atoms with van der Waals surface area (Å²) in [6.07, 6.45) is 10.1. The quantitative estimate of drug-likeness (QED) is 0.298. The van der Waals surface area contributed by atoms with Crippen molar-refractivity contribution in [3.63, 3.8) is 0 Å². The summed E-state index contributed by atoms with van der Waals surface area (Å²) in [7, 11) is 0. The minimum atomic E-state index is -1.57. The lowest BCUT2D eigenvalue weighted by atomic mass is 9.44. The van der Waals surface area contributed by atoms with E-state index in [-0.39, 0.29) is 30.5 Å². The number of hydrogen-bond donors (Lipinski definition) is 3. The van der Waals surface area contributed by atoms with E-state index in [9.17, 15) is 20.1 Å². The Balaban J connectivity index is 1.55. The number of aliphatic hydroxyl groups is 3. The van der Waals surface area contributed by atoms with Gasteiger partial charge in [-0.3, -0.25) is 4.79 Å². The van der Waals surface area contributed by atoms with Crippen LogP contribution in [0.2, 0.25) is 0 Å². The number of allylic oxidation sites excluding steroid dienone is 2. The Morgan fingerprint density at radius 1 is 1.26 bits per heavy atom. The Morgan fingerprint density at radius 3 is 2.66 bits per heavy atom. The van der Waals surface area contributed by atoms with Crippen molar-refractivity contribution in [2.75, 3.05) is 6.61 Å². The van der Waals surface area contributed by atoms with Gasteiger partial charge in [-0.25, -0.2) is 0 Å². The molecule has 0 unspecified atom stereocenters. The van der Waals surface area contributed by atoms with Gasteiger partial charge in [-0.05, 0) is 79.3 Å². The van der Waals surface area contributed by atoms with Gasteiger partial charge >= 0.3 is 5.97 Å². The van der Waals surface area contributed by atoms with Crippen LogP contribution in [0.3, 0.4) is 0 Å². The zero-order valence-electron chi connectivity index (χ0n) is 22.0. The van der Waals surface area contributed by atoms with Gasteiger partial charge in [-0.1, -0.05) is 39.8 Å². The molecule has 0 aromatic carbocycles. The van der Waals surface area contributed by atoms with E-state index in [2.05, 4.69) is 39.8 Å². The molecule has 10 atom stereocenters. The van der Waals surface area contributed by atoms with E-state index in [1.165, 1.54) is 6.92 Å². The molecule has 0 bridgehead atoms. The Hall–Kier alpha value is -1.21. The number of carbonyl (C=O) groups excluding carboxylic acids is 1. The van der Waals surface area contributed by atoms with Crippen LogP contribution in [-0.4, -0.2) is 57.4 Å². The highest BCUT2D eigenvalue weighted by Gasteiger charge is 2.83. The maximum atomic E-state index is 12.1. The highest BCUT2D eigenvalue weighted by Crippen LogP contribution is 2.76. The molecule has 1 saturated heterocycles. The van der Waals surface area contributed by atoms with Gasteiger partial charge < -0.3 is 24.8 Å². The first-order valence-electron chi connectivity index (χ1n) is 13.7. The van der Waals surface area contributed by atoms with Crippen molar-refractivity contribution in [2.24, 2.45) is 34.5 Å². The molecule has 0 aromatic rings. The van der Waals surface area contributed by atoms with Gasteiger partial charge in [0, 0.05) is 13.3 Å². The van der Waals surface area contributed by atoms with Crippen molar-refractivity contribution in [2.45, 2.75) is 109 Å². The third-order valence-corrected chi connectivity index (χ3v) is 10.6. The van der Waals surface area contributed by atoms with Gasteiger partial charge in [0.25, 0.3) is 0 Å². The van der Waals surface area contributed by atoms with Crippen molar-refractivity contribution in [1.29, 1.82) is 0 Å². The molecular weight excluding hydrogens is 444 g/mol. The summed E-state index contributed by atoms with van der Waals surface area (Å²) in [4.78, 5) is 12.1. The van der Waals surface area contributed by atoms with Crippen LogP contribution in [0.25, 0.3) is 0 Å². The molecule has 6 nitrogen and oxygen atoms in total. The predicted octanol–water partition coefficient (Wildman–Crippen LogP) is 3.92. The third-order valence-electron chi connectivity index (χ3n) is 10.6.